The molecule has 2 N–H and O–H groups in total. The maximum absolute atomic E-state index is 11.5. The third-order valence-electron chi connectivity index (χ3n) is 2.14. The lowest BCUT2D eigenvalue weighted by molar-refractivity contribution is 0.0463. The number of hydrogen-bond donors (Lipinski definition) is 2. The summed E-state index contributed by atoms with van der Waals surface area (Å²) in [7, 11) is 0. The fraction of sp³-hybridized carbons (Fsp3) is 0.0833. The summed E-state index contributed by atoms with van der Waals surface area (Å²) in [5.74, 6) is -0.663. The number of H-pyrrole nitrogens is 1. The van der Waals surface area contributed by atoms with Crippen molar-refractivity contribution in [3.63, 3.8) is 0 Å². The Bertz CT molecular complexity index is 476. The Hall–Kier alpha value is -2.23. The van der Waals surface area contributed by atoms with Crippen LogP contribution >= 0.6 is 0 Å². The van der Waals surface area contributed by atoms with Gasteiger partial charge in [-0.2, -0.15) is 0 Å². The van der Waals surface area contributed by atoms with Gasteiger partial charge in [0.25, 0.3) is 0 Å². The Morgan fingerprint density at radius 3 is 2.62 bits per heavy atom. The van der Waals surface area contributed by atoms with Crippen molar-refractivity contribution in [3.05, 3.63) is 53.9 Å². The standard InChI is InChI=1S/C12H11NO3/c14-10-6-7-13-11(10)12(15)16-8-9-4-2-1-3-5-9/h1-7,13-14H,8H2. The molecule has 4 nitrogen and oxygen atoms in total. The molecular formula is C12H11NO3. The van der Waals surface area contributed by atoms with Crippen LogP contribution in [-0.2, 0) is 11.3 Å². The van der Waals surface area contributed by atoms with Crippen molar-refractivity contribution >= 4 is 5.97 Å². The van der Waals surface area contributed by atoms with Gasteiger partial charge >= 0.3 is 5.97 Å². The fourth-order valence-electron chi connectivity index (χ4n) is 1.32. The number of nitrogens with one attached hydrogen (secondary N) is 1. The fourth-order valence-corrected chi connectivity index (χ4v) is 1.32. The molecule has 16 heavy (non-hydrogen) atoms. The van der Waals surface area contributed by atoms with Crippen LogP contribution < -0.4 is 0 Å². The Labute approximate surface area is 92.5 Å². The normalized spacial score (nSPS) is 10.0. The van der Waals surface area contributed by atoms with Crippen molar-refractivity contribution in [2.45, 2.75) is 6.61 Å². The first kappa shape index (κ1) is 10.3. The molecule has 0 amide bonds. The van der Waals surface area contributed by atoms with Crippen LogP contribution in [0.4, 0.5) is 0 Å². The minimum atomic E-state index is -0.564. The highest BCUT2D eigenvalue weighted by Gasteiger charge is 2.13. The molecule has 1 heterocycles. The highest BCUT2D eigenvalue weighted by Crippen LogP contribution is 2.15. The molecule has 0 radical (unpaired) electrons. The van der Waals surface area contributed by atoms with E-state index in [-0.39, 0.29) is 18.1 Å². The Morgan fingerprint density at radius 1 is 1.25 bits per heavy atom. The minimum Gasteiger partial charge on any atom is -0.505 e. The van der Waals surface area contributed by atoms with Gasteiger partial charge in [-0.3, -0.25) is 0 Å². The molecule has 0 atom stereocenters. The van der Waals surface area contributed by atoms with Crippen LogP contribution in [0.3, 0.4) is 0 Å². The zero-order chi connectivity index (χ0) is 11.4. The van der Waals surface area contributed by atoms with E-state index < -0.39 is 5.97 Å². The average molecular weight is 217 g/mol. The number of ether oxygens (including phenoxy) is 1. The lowest BCUT2D eigenvalue weighted by Gasteiger charge is -2.03. The predicted octanol–water partition coefficient (Wildman–Crippen LogP) is 2.08. The van der Waals surface area contributed by atoms with E-state index in [0.717, 1.165) is 5.56 Å². The number of carbonyl (C=O) groups is 1. The first-order valence-electron chi connectivity index (χ1n) is 4.85. The molecule has 1 aromatic heterocycles. The first-order chi connectivity index (χ1) is 7.77. The monoisotopic (exact) mass is 217 g/mol. The molecular weight excluding hydrogens is 206 g/mol. The van der Waals surface area contributed by atoms with Crippen LogP contribution in [0.2, 0.25) is 0 Å². The van der Waals surface area contributed by atoms with Gasteiger partial charge < -0.3 is 14.8 Å². The number of hydrogen-bond acceptors (Lipinski definition) is 3. The van der Waals surface area contributed by atoms with Crippen molar-refractivity contribution in [2.75, 3.05) is 0 Å². The molecule has 1 aromatic carbocycles. The molecule has 0 aliphatic heterocycles. The number of aromatic nitrogens is 1. The van der Waals surface area contributed by atoms with Gasteiger partial charge in [-0.15, -0.1) is 0 Å². The van der Waals surface area contributed by atoms with Gasteiger partial charge in [-0.25, -0.2) is 4.79 Å². The van der Waals surface area contributed by atoms with Crippen molar-refractivity contribution in [3.8, 4) is 5.75 Å². The summed E-state index contributed by atoms with van der Waals surface area (Å²) in [5.41, 5.74) is 0.984. The van der Waals surface area contributed by atoms with Gasteiger partial charge in [0.1, 0.15) is 12.4 Å². The number of esters is 1. The molecule has 2 aromatic rings. The molecule has 82 valence electrons. The van der Waals surface area contributed by atoms with E-state index >= 15 is 0 Å². The summed E-state index contributed by atoms with van der Waals surface area (Å²) in [4.78, 5) is 14.1. The average Bonchev–Trinajstić information content (AvgIpc) is 2.74. The number of carbonyl (C=O) groups excluding carboxylic acids is 1. The third-order valence-corrected chi connectivity index (χ3v) is 2.14. The molecule has 0 aliphatic rings. The minimum absolute atomic E-state index is 0.0796. The predicted molar refractivity (Wildman–Crippen MR) is 58.0 cm³/mol. The van der Waals surface area contributed by atoms with Crippen molar-refractivity contribution in [1.82, 2.24) is 4.98 Å². The van der Waals surface area contributed by atoms with E-state index in [0.29, 0.717) is 0 Å². The van der Waals surface area contributed by atoms with E-state index in [1.54, 1.807) is 0 Å². The lowest BCUT2D eigenvalue weighted by Crippen LogP contribution is -2.05. The molecule has 4 heteroatoms. The van der Waals surface area contributed by atoms with E-state index in [9.17, 15) is 9.90 Å². The van der Waals surface area contributed by atoms with Gasteiger partial charge in [0.15, 0.2) is 5.69 Å². The molecule has 2 rings (SSSR count). The van der Waals surface area contributed by atoms with Gasteiger partial charge in [0.05, 0.1) is 0 Å². The summed E-state index contributed by atoms with van der Waals surface area (Å²) in [6.07, 6.45) is 1.48. The summed E-state index contributed by atoms with van der Waals surface area (Å²) in [6, 6.07) is 10.8. The van der Waals surface area contributed by atoms with Gasteiger partial charge in [-0.1, -0.05) is 30.3 Å². The highest BCUT2D eigenvalue weighted by atomic mass is 16.5. The second-order valence-corrected chi connectivity index (χ2v) is 3.30. The van der Waals surface area contributed by atoms with Crippen LogP contribution in [0.1, 0.15) is 16.1 Å². The number of aromatic hydroxyl groups is 1. The molecule has 0 spiro atoms. The summed E-state index contributed by atoms with van der Waals surface area (Å²) >= 11 is 0. The smallest absolute Gasteiger partial charge is 0.358 e. The Morgan fingerprint density at radius 2 is 2.00 bits per heavy atom. The lowest BCUT2D eigenvalue weighted by atomic mass is 10.2. The zero-order valence-electron chi connectivity index (χ0n) is 8.51. The van der Waals surface area contributed by atoms with Crippen molar-refractivity contribution < 1.29 is 14.6 Å². The van der Waals surface area contributed by atoms with Crippen molar-refractivity contribution in [2.24, 2.45) is 0 Å². The van der Waals surface area contributed by atoms with E-state index in [2.05, 4.69) is 4.98 Å². The van der Waals surface area contributed by atoms with Gasteiger partial charge in [0.2, 0.25) is 0 Å². The topological polar surface area (TPSA) is 62.3 Å². The number of benzene rings is 1. The Kier molecular flexibility index (Phi) is 2.91. The second-order valence-electron chi connectivity index (χ2n) is 3.30. The highest BCUT2D eigenvalue weighted by molar-refractivity contribution is 5.90. The molecule has 0 saturated carbocycles. The van der Waals surface area contributed by atoms with E-state index in [1.165, 1.54) is 12.3 Å². The van der Waals surface area contributed by atoms with Gasteiger partial charge in [-0.05, 0) is 11.6 Å². The van der Waals surface area contributed by atoms with Crippen molar-refractivity contribution in [1.29, 1.82) is 0 Å². The van der Waals surface area contributed by atoms with Crippen LogP contribution in [0.25, 0.3) is 0 Å². The summed E-state index contributed by atoms with van der Waals surface area (Å²) in [5, 5.41) is 9.29. The van der Waals surface area contributed by atoms with Crippen LogP contribution in [0, 0.1) is 0 Å². The van der Waals surface area contributed by atoms with E-state index in [1.807, 2.05) is 30.3 Å². The molecule has 0 bridgehead atoms. The number of rotatable bonds is 3. The third kappa shape index (κ3) is 2.23. The van der Waals surface area contributed by atoms with Crippen LogP contribution in [0.15, 0.2) is 42.6 Å². The molecule has 0 aliphatic carbocycles. The van der Waals surface area contributed by atoms with Crippen LogP contribution in [0.5, 0.6) is 5.75 Å². The maximum atomic E-state index is 11.5. The summed E-state index contributed by atoms with van der Waals surface area (Å²) in [6.45, 7) is 0.193. The Balaban J connectivity index is 1.97. The quantitative estimate of drug-likeness (QED) is 0.774. The summed E-state index contributed by atoms with van der Waals surface area (Å²) < 4.78 is 5.02. The molecule has 0 fully saturated rings. The first-order valence-corrected chi connectivity index (χ1v) is 4.85. The van der Waals surface area contributed by atoms with Crippen LogP contribution in [-0.4, -0.2) is 16.1 Å². The van der Waals surface area contributed by atoms with E-state index in [4.69, 9.17) is 4.74 Å². The SMILES string of the molecule is O=C(OCc1ccccc1)c1[nH]ccc1O. The molecule has 0 saturated heterocycles. The maximum Gasteiger partial charge on any atom is 0.358 e. The number of aromatic amines is 1. The molecule has 0 unspecified atom stereocenters. The largest absolute Gasteiger partial charge is 0.505 e. The second kappa shape index (κ2) is 4.53. The van der Waals surface area contributed by atoms with Gasteiger partial charge in [0, 0.05) is 6.20 Å². The zero-order valence-corrected chi connectivity index (χ0v) is 8.51.